The first-order valence-electron chi connectivity index (χ1n) is 10.2. The van der Waals surface area contributed by atoms with Crippen molar-refractivity contribution in [2.75, 3.05) is 47.0 Å². The van der Waals surface area contributed by atoms with E-state index in [-0.39, 0.29) is 6.10 Å². The first-order chi connectivity index (χ1) is 13.7. The molecule has 158 valence electrons. The quantitative estimate of drug-likeness (QED) is 0.697. The Labute approximate surface area is 170 Å². The largest absolute Gasteiger partial charge is 0.497 e. The summed E-state index contributed by atoms with van der Waals surface area (Å²) in [6, 6.07) is 8.32. The molecule has 0 spiro atoms. The van der Waals surface area contributed by atoms with Crippen molar-refractivity contribution < 1.29 is 14.6 Å². The van der Waals surface area contributed by atoms with E-state index in [2.05, 4.69) is 51.8 Å². The number of aliphatic hydroxyl groups excluding tert-OH is 1. The van der Waals surface area contributed by atoms with E-state index < -0.39 is 0 Å². The summed E-state index contributed by atoms with van der Waals surface area (Å²) in [6.45, 7) is 6.67. The average molecular weight is 391 g/mol. The van der Waals surface area contributed by atoms with Crippen LogP contribution in [-0.4, -0.2) is 58.2 Å². The average Bonchev–Trinajstić information content (AvgIpc) is 2.75. The third-order valence-electron chi connectivity index (χ3n) is 4.27. The monoisotopic (exact) mass is 390 g/mol. The number of methoxy groups -OCH3 is 2. The van der Waals surface area contributed by atoms with Gasteiger partial charge in [0, 0.05) is 33.3 Å². The molecule has 0 amide bonds. The Hall–Kier alpha value is -1.66. The first-order valence-corrected chi connectivity index (χ1v) is 10.2. The summed E-state index contributed by atoms with van der Waals surface area (Å²) < 4.78 is 9.77. The van der Waals surface area contributed by atoms with Crippen LogP contribution in [0.15, 0.2) is 48.1 Å². The van der Waals surface area contributed by atoms with E-state index in [4.69, 9.17) is 9.84 Å². The number of hydrogen-bond donors (Lipinski definition) is 3. The van der Waals surface area contributed by atoms with E-state index in [0.717, 1.165) is 44.8 Å². The molecule has 1 atom stereocenters. The van der Waals surface area contributed by atoms with Gasteiger partial charge >= 0.3 is 0 Å². The molecule has 0 radical (unpaired) electrons. The zero-order chi connectivity index (χ0) is 20.5. The number of allylic oxidation sites excluding steroid dienone is 4. The molecule has 3 rings (SSSR count). The normalized spacial score (nSPS) is 16.6. The number of rotatable bonds is 6. The van der Waals surface area contributed by atoms with Crippen LogP contribution in [0.5, 0.6) is 5.75 Å². The molecular formula is C23H38N2O3. The van der Waals surface area contributed by atoms with Crippen LogP contribution < -0.4 is 15.4 Å². The minimum absolute atomic E-state index is 0.324. The molecule has 0 aromatic heterocycles. The highest BCUT2D eigenvalue weighted by atomic mass is 16.5. The summed E-state index contributed by atoms with van der Waals surface area (Å²) in [4.78, 5) is 0. The highest BCUT2D eigenvalue weighted by molar-refractivity contribution is 5.30. The summed E-state index contributed by atoms with van der Waals surface area (Å²) in [6.07, 6.45) is 11.2. The molecule has 1 fully saturated rings. The summed E-state index contributed by atoms with van der Waals surface area (Å²) in [5.74, 6) is 0.950. The number of hydrogen-bond acceptors (Lipinski definition) is 5. The predicted octanol–water partition coefficient (Wildman–Crippen LogP) is 3.10. The zero-order valence-electron chi connectivity index (χ0n) is 17.7. The maximum atomic E-state index is 8.43. The Bertz CT molecular complexity index is 555. The molecular weight excluding hydrogens is 352 g/mol. The fourth-order valence-electron chi connectivity index (χ4n) is 2.81. The van der Waals surface area contributed by atoms with Crippen molar-refractivity contribution in [2.45, 2.75) is 38.7 Å². The second-order valence-corrected chi connectivity index (χ2v) is 6.91. The highest BCUT2D eigenvalue weighted by Gasteiger charge is 2.00. The van der Waals surface area contributed by atoms with E-state index in [1.807, 2.05) is 6.07 Å². The van der Waals surface area contributed by atoms with E-state index >= 15 is 0 Å². The molecule has 2 aliphatic rings. The summed E-state index contributed by atoms with van der Waals surface area (Å²) >= 11 is 0. The second-order valence-electron chi connectivity index (χ2n) is 6.91. The molecule has 1 aliphatic carbocycles. The van der Waals surface area contributed by atoms with Gasteiger partial charge in [-0.1, -0.05) is 35.9 Å². The molecule has 1 aromatic carbocycles. The SMILES string of the molecule is C1CNCCN1.COC[C@@H](C)O.COc1cccc(CCC2=CCCC=C2)c1. The number of aryl methyl sites for hydroxylation is 1. The minimum Gasteiger partial charge on any atom is -0.497 e. The molecule has 0 saturated carbocycles. The summed E-state index contributed by atoms with van der Waals surface area (Å²) in [7, 11) is 3.28. The van der Waals surface area contributed by atoms with Gasteiger partial charge in [-0.05, 0) is 50.3 Å². The standard InChI is InChI=1S/C15H18O.C4H10N2.C4H10O2/c1-16-15-9-5-8-14(12-15)11-10-13-6-3-2-4-7-13;1-2-6-4-3-5-1;1-4(5)3-6-2/h3,5-9,12H,2,4,10-11H2,1H3;5-6H,1-4H2;4-5H,3H2,1-2H3/t;;4-/m..1/s1. The number of benzene rings is 1. The Morgan fingerprint density at radius 2 is 1.75 bits per heavy atom. The van der Waals surface area contributed by atoms with Gasteiger partial charge in [0.2, 0.25) is 0 Å². The van der Waals surface area contributed by atoms with Crippen LogP contribution >= 0.6 is 0 Å². The smallest absolute Gasteiger partial charge is 0.119 e. The molecule has 28 heavy (non-hydrogen) atoms. The number of nitrogens with one attached hydrogen (secondary N) is 2. The first kappa shape index (κ1) is 24.4. The van der Waals surface area contributed by atoms with E-state index in [1.54, 1.807) is 21.1 Å². The lowest BCUT2D eigenvalue weighted by Crippen LogP contribution is -2.39. The summed E-state index contributed by atoms with van der Waals surface area (Å²) in [5.41, 5.74) is 2.81. The lowest BCUT2D eigenvalue weighted by atomic mass is 10.00. The highest BCUT2D eigenvalue weighted by Crippen LogP contribution is 2.18. The molecule has 1 aromatic rings. The molecule has 5 heteroatoms. The Morgan fingerprint density at radius 1 is 1.04 bits per heavy atom. The minimum atomic E-state index is -0.324. The Morgan fingerprint density at radius 3 is 2.21 bits per heavy atom. The fraction of sp³-hybridized carbons (Fsp3) is 0.565. The van der Waals surface area contributed by atoms with Gasteiger partial charge in [-0.2, -0.15) is 0 Å². The van der Waals surface area contributed by atoms with Crippen molar-refractivity contribution in [1.82, 2.24) is 10.6 Å². The van der Waals surface area contributed by atoms with Crippen LogP contribution in [0.4, 0.5) is 0 Å². The van der Waals surface area contributed by atoms with Crippen molar-refractivity contribution in [3.05, 3.63) is 53.6 Å². The Kier molecular flexibility index (Phi) is 14.2. The second kappa shape index (κ2) is 16.3. The van der Waals surface area contributed by atoms with Gasteiger partial charge in [-0.25, -0.2) is 0 Å². The number of piperazine rings is 1. The van der Waals surface area contributed by atoms with Crippen LogP contribution in [-0.2, 0) is 11.2 Å². The molecule has 3 N–H and O–H groups in total. The third kappa shape index (κ3) is 12.7. The fourth-order valence-corrected chi connectivity index (χ4v) is 2.81. The number of aliphatic hydroxyl groups is 1. The lowest BCUT2D eigenvalue weighted by molar-refractivity contribution is 0.0765. The molecule has 1 aliphatic heterocycles. The van der Waals surface area contributed by atoms with Crippen LogP contribution in [0.2, 0.25) is 0 Å². The maximum absolute atomic E-state index is 8.43. The van der Waals surface area contributed by atoms with Gasteiger partial charge in [0.15, 0.2) is 0 Å². The molecule has 1 heterocycles. The van der Waals surface area contributed by atoms with Gasteiger partial charge in [0.05, 0.1) is 19.8 Å². The van der Waals surface area contributed by atoms with E-state index in [0.29, 0.717) is 6.61 Å². The molecule has 5 nitrogen and oxygen atoms in total. The zero-order valence-corrected chi connectivity index (χ0v) is 17.7. The van der Waals surface area contributed by atoms with Crippen LogP contribution in [0.25, 0.3) is 0 Å². The van der Waals surface area contributed by atoms with Crippen LogP contribution in [0, 0.1) is 0 Å². The van der Waals surface area contributed by atoms with E-state index in [9.17, 15) is 0 Å². The Balaban J connectivity index is 0.000000268. The van der Waals surface area contributed by atoms with Gasteiger partial charge in [-0.15, -0.1) is 0 Å². The van der Waals surface area contributed by atoms with Crippen molar-refractivity contribution in [1.29, 1.82) is 0 Å². The van der Waals surface area contributed by atoms with Crippen molar-refractivity contribution in [3.8, 4) is 5.75 Å². The predicted molar refractivity (Wildman–Crippen MR) is 117 cm³/mol. The van der Waals surface area contributed by atoms with Crippen molar-refractivity contribution >= 4 is 0 Å². The van der Waals surface area contributed by atoms with Gasteiger partial charge in [-0.3, -0.25) is 0 Å². The molecule has 0 bridgehead atoms. The van der Waals surface area contributed by atoms with Crippen LogP contribution in [0.3, 0.4) is 0 Å². The lowest BCUT2D eigenvalue weighted by Gasteiger charge is -2.11. The molecule has 0 unspecified atom stereocenters. The van der Waals surface area contributed by atoms with Gasteiger partial charge < -0.3 is 25.2 Å². The van der Waals surface area contributed by atoms with E-state index in [1.165, 1.54) is 24.0 Å². The third-order valence-corrected chi connectivity index (χ3v) is 4.27. The van der Waals surface area contributed by atoms with Gasteiger partial charge in [0.25, 0.3) is 0 Å². The van der Waals surface area contributed by atoms with Crippen molar-refractivity contribution in [3.63, 3.8) is 0 Å². The molecule has 1 saturated heterocycles. The van der Waals surface area contributed by atoms with Gasteiger partial charge in [0.1, 0.15) is 5.75 Å². The topological polar surface area (TPSA) is 62.8 Å². The van der Waals surface area contributed by atoms with Crippen molar-refractivity contribution in [2.24, 2.45) is 0 Å². The van der Waals surface area contributed by atoms with Crippen LogP contribution in [0.1, 0.15) is 31.7 Å². The number of ether oxygens (including phenoxy) is 2. The summed E-state index contributed by atoms with van der Waals surface area (Å²) in [5, 5.41) is 14.9. The maximum Gasteiger partial charge on any atom is 0.119 e.